The molecule has 7 nitrogen and oxygen atoms in total. The van der Waals surface area contributed by atoms with Crippen LogP contribution in [0.1, 0.15) is 49.7 Å². The standard InChI is InChI=1S/C26H31N3O4/c1-18(30)27-21-9-6-8-20(15-21)23-16-29(17-26(23)12-4-3-11-24(31)28-26)25(32)14-19-7-5-10-22(13-19)33-2/h5-10,13,15,23H,3-4,11-12,14,16-17H2,1-2H3,(H,27,30)(H,28,31)/t23-,26+/m0/s1. The van der Waals surface area contributed by atoms with Crippen LogP contribution in [0.2, 0.25) is 0 Å². The van der Waals surface area contributed by atoms with Crippen LogP contribution in [-0.4, -0.2) is 48.4 Å². The maximum absolute atomic E-state index is 13.3. The van der Waals surface area contributed by atoms with Crippen molar-refractivity contribution in [1.82, 2.24) is 10.2 Å². The van der Waals surface area contributed by atoms with E-state index in [-0.39, 0.29) is 30.1 Å². The summed E-state index contributed by atoms with van der Waals surface area (Å²) in [5.41, 5.74) is 2.12. The number of ether oxygens (including phenoxy) is 1. The van der Waals surface area contributed by atoms with Crippen molar-refractivity contribution in [3.63, 3.8) is 0 Å². The first-order valence-electron chi connectivity index (χ1n) is 11.5. The van der Waals surface area contributed by atoms with Gasteiger partial charge in [-0.2, -0.15) is 0 Å². The van der Waals surface area contributed by atoms with Crippen LogP contribution in [0.15, 0.2) is 48.5 Å². The molecule has 2 heterocycles. The van der Waals surface area contributed by atoms with Crippen LogP contribution in [0, 0.1) is 0 Å². The van der Waals surface area contributed by atoms with E-state index in [0.717, 1.165) is 41.8 Å². The van der Waals surface area contributed by atoms with Gasteiger partial charge in [0.15, 0.2) is 0 Å². The number of rotatable bonds is 5. The summed E-state index contributed by atoms with van der Waals surface area (Å²) in [5, 5.41) is 6.13. The summed E-state index contributed by atoms with van der Waals surface area (Å²) in [6.07, 6.45) is 3.39. The average molecular weight is 450 g/mol. The number of hydrogen-bond acceptors (Lipinski definition) is 4. The van der Waals surface area contributed by atoms with Gasteiger partial charge in [0, 0.05) is 38.0 Å². The largest absolute Gasteiger partial charge is 0.497 e. The number of anilines is 1. The van der Waals surface area contributed by atoms with Gasteiger partial charge in [0.1, 0.15) is 5.75 Å². The third-order valence-corrected chi connectivity index (χ3v) is 6.66. The molecule has 0 aliphatic carbocycles. The molecular formula is C26H31N3O4. The normalized spacial score (nSPS) is 22.5. The van der Waals surface area contributed by atoms with E-state index < -0.39 is 5.54 Å². The van der Waals surface area contributed by atoms with Gasteiger partial charge in [0.25, 0.3) is 0 Å². The molecule has 2 aromatic carbocycles. The lowest BCUT2D eigenvalue weighted by molar-refractivity contribution is -0.130. The van der Waals surface area contributed by atoms with Crippen LogP contribution in [0.3, 0.4) is 0 Å². The molecular weight excluding hydrogens is 418 g/mol. The van der Waals surface area contributed by atoms with Crippen LogP contribution in [0.4, 0.5) is 5.69 Å². The van der Waals surface area contributed by atoms with E-state index >= 15 is 0 Å². The van der Waals surface area contributed by atoms with E-state index in [2.05, 4.69) is 10.6 Å². The predicted molar refractivity (Wildman–Crippen MR) is 126 cm³/mol. The fourth-order valence-electron chi connectivity index (χ4n) is 5.14. The minimum Gasteiger partial charge on any atom is -0.497 e. The number of nitrogens with zero attached hydrogens (tertiary/aromatic N) is 1. The Morgan fingerprint density at radius 3 is 2.79 bits per heavy atom. The fourth-order valence-corrected chi connectivity index (χ4v) is 5.14. The molecule has 0 bridgehead atoms. The number of likely N-dealkylation sites (tertiary alicyclic amines) is 1. The Morgan fingerprint density at radius 2 is 2.00 bits per heavy atom. The smallest absolute Gasteiger partial charge is 0.227 e. The molecule has 3 amide bonds. The highest BCUT2D eigenvalue weighted by atomic mass is 16.5. The zero-order valence-corrected chi connectivity index (χ0v) is 19.2. The summed E-state index contributed by atoms with van der Waals surface area (Å²) in [5.74, 6) is 0.606. The molecule has 0 unspecified atom stereocenters. The van der Waals surface area contributed by atoms with Crippen molar-refractivity contribution in [2.24, 2.45) is 0 Å². The molecule has 0 saturated carbocycles. The maximum Gasteiger partial charge on any atom is 0.227 e. The number of carbonyl (C=O) groups excluding carboxylic acids is 3. The number of amides is 3. The summed E-state index contributed by atoms with van der Waals surface area (Å²) in [7, 11) is 1.61. The Bertz CT molecular complexity index is 1050. The fraction of sp³-hybridized carbons (Fsp3) is 0.423. The molecule has 0 radical (unpaired) electrons. The van der Waals surface area contributed by atoms with Crippen molar-refractivity contribution in [3.8, 4) is 5.75 Å². The van der Waals surface area contributed by atoms with Gasteiger partial charge in [-0.15, -0.1) is 0 Å². The molecule has 2 aromatic rings. The lowest BCUT2D eigenvalue weighted by atomic mass is 9.79. The van der Waals surface area contributed by atoms with E-state index in [4.69, 9.17) is 4.74 Å². The summed E-state index contributed by atoms with van der Waals surface area (Å²) in [6, 6.07) is 15.3. The van der Waals surface area contributed by atoms with E-state index in [1.807, 2.05) is 53.4 Å². The number of hydrogen-bond donors (Lipinski definition) is 2. The van der Waals surface area contributed by atoms with Crippen LogP contribution >= 0.6 is 0 Å². The van der Waals surface area contributed by atoms with Crippen molar-refractivity contribution >= 4 is 23.4 Å². The van der Waals surface area contributed by atoms with Crippen molar-refractivity contribution in [2.75, 3.05) is 25.5 Å². The van der Waals surface area contributed by atoms with Crippen molar-refractivity contribution < 1.29 is 19.1 Å². The van der Waals surface area contributed by atoms with Crippen molar-refractivity contribution in [2.45, 2.75) is 50.5 Å². The summed E-state index contributed by atoms with van der Waals surface area (Å²) in [6.45, 7) is 2.48. The third-order valence-electron chi connectivity index (χ3n) is 6.66. The summed E-state index contributed by atoms with van der Waals surface area (Å²) >= 11 is 0. The van der Waals surface area contributed by atoms with Crippen LogP contribution in [0.5, 0.6) is 5.75 Å². The Balaban J connectivity index is 1.62. The number of carbonyl (C=O) groups is 3. The summed E-state index contributed by atoms with van der Waals surface area (Å²) < 4.78 is 5.29. The van der Waals surface area contributed by atoms with Gasteiger partial charge >= 0.3 is 0 Å². The second-order valence-corrected chi connectivity index (χ2v) is 9.07. The van der Waals surface area contributed by atoms with Gasteiger partial charge < -0.3 is 20.3 Å². The Hall–Kier alpha value is -3.35. The minimum absolute atomic E-state index is 0.0293. The van der Waals surface area contributed by atoms with E-state index in [1.165, 1.54) is 6.92 Å². The third kappa shape index (κ3) is 5.18. The molecule has 2 fully saturated rings. The molecule has 0 aromatic heterocycles. The number of nitrogens with one attached hydrogen (secondary N) is 2. The van der Waals surface area contributed by atoms with Gasteiger partial charge in [-0.1, -0.05) is 30.7 Å². The Morgan fingerprint density at radius 1 is 1.18 bits per heavy atom. The van der Waals surface area contributed by atoms with Crippen LogP contribution in [0.25, 0.3) is 0 Å². The SMILES string of the molecule is COc1cccc(CC(=O)N2C[C@@H](c3cccc(NC(C)=O)c3)[C@@]3(CCCCC(=O)N3)C2)c1. The quantitative estimate of drug-likeness (QED) is 0.734. The molecule has 2 N–H and O–H groups in total. The molecule has 2 saturated heterocycles. The highest BCUT2D eigenvalue weighted by molar-refractivity contribution is 5.88. The number of benzene rings is 2. The first-order valence-corrected chi connectivity index (χ1v) is 11.5. The lowest BCUT2D eigenvalue weighted by Crippen LogP contribution is -2.52. The Labute approximate surface area is 194 Å². The molecule has 1 spiro atoms. The molecule has 2 aliphatic heterocycles. The summed E-state index contributed by atoms with van der Waals surface area (Å²) in [4.78, 5) is 39.3. The highest BCUT2D eigenvalue weighted by Gasteiger charge is 2.49. The van der Waals surface area contributed by atoms with Gasteiger partial charge in [0.05, 0.1) is 19.1 Å². The van der Waals surface area contributed by atoms with Crippen molar-refractivity contribution in [3.05, 3.63) is 59.7 Å². The van der Waals surface area contributed by atoms with E-state index in [9.17, 15) is 14.4 Å². The predicted octanol–water partition coefficient (Wildman–Crippen LogP) is 3.25. The van der Waals surface area contributed by atoms with Crippen LogP contribution < -0.4 is 15.4 Å². The van der Waals surface area contributed by atoms with E-state index in [1.54, 1.807) is 7.11 Å². The minimum atomic E-state index is -0.507. The molecule has 4 rings (SSSR count). The first kappa shape index (κ1) is 22.8. The van der Waals surface area contributed by atoms with Crippen LogP contribution in [-0.2, 0) is 20.8 Å². The van der Waals surface area contributed by atoms with Gasteiger partial charge in [-0.05, 0) is 48.2 Å². The van der Waals surface area contributed by atoms with Gasteiger partial charge in [-0.25, -0.2) is 0 Å². The average Bonchev–Trinajstić information content (AvgIpc) is 3.05. The monoisotopic (exact) mass is 449 g/mol. The topological polar surface area (TPSA) is 87.7 Å². The Kier molecular flexibility index (Phi) is 6.67. The molecule has 2 atom stereocenters. The van der Waals surface area contributed by atoms with Gasteiger partial charge in [-0.3, -0.25) is 14.4 Å². The maximum atomic E-state index is 13.3. The first-order chi connectivity index (χ1) is 15.9. The molecule has 2 aliphatic rings. The second-order valence-electron chi connectivity index (χ2n) is 9.07. The zero-order valence-electron chi connectivity index (χ0n) is 19.2. The zero-order chi connectivity index (χ0) is 23.4. The molecule has 7 heteroatoms. The van der Waals surface area contributed by atoms with Gasteiger partial charge in [0.2, 0.25) is 17.7 Å². The second kappa shape index (κ2) is 9.65. The number of methoxy groups -OCH3 is 1. The highest BCUT2D eigenvalue weighted by Crippen LogP contribution is 2.41. The van der Waals surface area contributed by atoms with E-state index in [0.29, 0.717) is 19.5 Å². The lowest BCUT2D eigenvalue weighted by Gasteiger charge is -2.35. The molecule has 174 valence electrons. The molecule has 33 heavy (non-hydrogen) atoms. The van der Waals surface area contributed by atoms with Crippen molar-refractivity contribution in [1.29, 1.82) is 0 Å².